The van der Waals surface area contributed by atoms with Gasteiger partial charge in [-0.15, -0.1) is 0 Å². The van der Waals surface area contributed by atoms with Gasteiger partial charge in [-0.3, -0.25) is 9.59 Å². The van der Waals surface area contributed by atoms with E-state index in [1.165, 1.54) is 5.56 Å². The van der Waals surface area contributed by atoms with Gasteiger partial charge >= 0.3 is 0 Å². The molecule has 0 aromatic heterocycles. The maximum Gasteiger partial charge on any atom is 0.232 e. The normalized spacial score (nSPS) is 22.7. The van der Waals surface area contributed by atoms with Crippen molar-refractivity contribution in [2.24, 2.45) is 0 Å². The Bertz CT molecular complexity index is 935. The van der Waals surface area contributed by atoms with Gasteiger partial charge in [0.2, 0.25) is 11.8 Å². The fraction of sp³-hybridized carbons (Fsp3) is 0.440. The van der Waals surface area contributed by atoms with Crippen LogP contribution in [0.4, 0.5) is 0 Å². The summed E-state index contributed by atoms with van der Waals surface area (Å²) >= 11 is 6.52. The first kappa shape index (κ1) is 21.8. The zero-order valence-corrected chi connectivity index (χ0v) is 18.8. The number of amides is 2. The summed E-state index contributed by atoms with van der Waals surface area (Å²) in [5, 5.41) is 3.74. The van der Waals surface area contributed by atoms with Gasteiger partial charge in [-0.05, 0) is 50.0 Å². The van der Waals surface area contributed by atoms with Gasteiger partial charge < -0.3 is 15.1 Å². The molecule has 2 heterocycles. The topological polar surface area (TPSA) is 52.7 Å². The smallest absolute Gasteiger partial charge is 0.232 e. The molecule has 164 valence electrons. The van der Waals surface area contributed by atoms with Gasteiger partial charge in [0.15, 0.2) is 0 Å². The van der Waals surface area contributed by atoms with Crippen molar-refractivity contribution in [1.29, 1.82) is 0 Å². The summed E-state index contributed by atoms with van der Waals surface area (Å²) in [7, 11) is 2.09. The van der Waals surface area contributed by atoms with Crippen LogP contribution in [-0.4, -0.2) is 54.3 Å². The third kappa shape index (κ3) is 4.63. The van der Waals surface area contributed by atoms with Crippen LogP contribution in [0.15, 0.2) is 54.6 Å². The highest BCUT2D eigenvalue weighted by molar-refractivity contribution is 6.31. The van der Waals surface area contributed by atoms with Crippen LogP contribution in [0.25, 0.3) is 0 Å². The van der Waals surface area contributed by atoms with E-state index in [1.54, 1.807) is 0 Å². The summed E-state index contributed by atoms with van der Waals surface area (Å²) in [6.07, 6.45) is 2.91. The van der Waals surface area contributed by atoms with Crippen molar-refractivity contribution in [2.45, 2.75) is 43.7 Å². The van der Waals surface area contributed by atoms with Gasteiger partial charge in [0.25, 0.3) is 0 Å². The highest BCUT2D eigenvalue weighted by Crippen LogP contribution is 2.45. The molecule has 2 atom stereocenters. The number of benzene rings is 2. The minimum atomic E-state index is -0.769. The average molecular weight is 440 g/mol. The molecule has 31 heavy (non-hydrogen) atoms. The first-order valence-corrected chi connectivity index (χ1v) is 11.4. The van der Waals surface area contributed by atoms with Crippen molar-refractivity contribution in [2.75, 3.05) is 26.7 Å². The Morgan fingerprint density at radius 1 is 1.19 bits per heavy atom. The van der Waals surface area contributed by atoms with Crippen LogP contribution in [0, 0.1) is 0 Å². The van der Waals surface area contributed by atoms with E-state index in [4.69, 9.17) is 11.6 Å². The Balaban J connectivity index is 1.38. The lowest BCUT2D eigenvalue weighted by atomic mass is 9.76. The molecular formula is C25H30ClN3O2. The maximum absolute atomic E-state index is 13.5. The first-order valence-electron chi connectivity index (χ1n) is 11.0. The summed E-state index contributed by atoms with van der Waals surface area (Å²) < 4.78 is 0. The van der Waals surface area contributed by atoms with Crippen LogP contribution in [-0.2, 0) is 21.5 Å². The van der Waals surface area contributed by atoms with Gasteiger partial charge in [0.1, 0.15) is 0 Å². The molecule has 0 radical (unpaired) electrons. The Morgan fingerprint density at radius 2 is 1.94 bits per heavy atom. The number of nitrogens with zero attached hydrogens (tertiary/aromatic N) is 2. The summed E-state index contributed by atoms with van der Waals surface area (Å²) in [5.41, 5.74) is 1.34. The van der Waals surface area contributed by atoms with Crippen molar-refractivity contribution >= 4 is 23.4 Å². The highest BCUT2D eigenvalue weighted by atomic mass is 35.5. The van der Waals surface area contributed by atoms with Gasteiger partial charge in [-0.1, -0.05) is 60.1 Å². The standard InChI is InChI=1S/C25H30ClN3O2/c1-28(17-19-8-3-2-4-9-19)15-7-14-27-24(31)25(21-10-5-6-11-22(21)26)16-20-12-13-23(30)29(20)18-25/h2-6,8-11,20H,7,12-18H2,1H3,(H,27,31)/t20-,25-/m0/s1. The van der Waals surface area contributed by atoms with Crippen molar-refractivity contribution in [3.05, 3.63) is 70.7 Å². The summed E-state index contributed by atoms with van der Waals surface area (Å²) in [4.78, 5) is 29.9. The van der Waals surface area contributed by atoms with E-state index in [1.807, 2.05) is 35.2 Å². The van der Waals surface area contributed by atoms with E-state index in [-0.39, 0.29) is 17.9 Å². The number of nitrogens with one attached hydrogen (secondary N) is 1. The molecule has 2 amide bonds. The fourth-order valence-corrected chi connectivity index (χ4v) is 5.32. The number of carbonyl (C=O) groups excluding carboxylic acids is 2. The SMILES string of the molecule is CN(CCCNC(=O)[C@@]1(c2ccccc2Cl)C[C@@H]2CCC(=O)N2C1)Cc1ccccc1. The molecule has 0 spiro atoms. The summed E-state index contributed by atoms with van der Waals surface area (Å²) in [6.45, 7) is 2.79. The summed E-state index contributed by atoms with van der Waals surface area (Å²) in [6, 6.07) is 18.1. The quantitative estimate of drug-likeness (QED) is 0.639. The van der Waals surface area contributed by atoms with E-state index in [0.717, 1.165) is 31.5 Å². The second-order valence-corrected chi connectivity index (χ2v) is 9.22. The van der Waals surface area contributed by atoms with E-state index in [9.17, 15) is 9.59 Å². The average Bonchev–Trinajstić information content (AvgIpc) is 3.32. The molecule has 1 N–H and O–H groups in total. The number of hydrogen-bond acceptors (Lipinski definition) is 3. The predicted octanol–water partition coefficient (Wildman–Crippen LogP) is 3.61. The van der Waals surface area contributed by atoms with Crippen molar-refractivity contribution < 1.29 is 9.59 Å². The fourth-order valence-electron chi connectivity index (χ4n) is 5.01. The molecule has 2 aromatic carbocycles. The van der Waals surface area contributed by atoms with Crippen LogP contribution in [0.5, 0.6) is 0 Å². The van der Waals surface area contributed by atoms with Crippen LogP contribution in [0.1, 0.15) is 36.8 Å². The first-order chi connectivity index (χ1) is 15.0. The lowest BCUT2D eigenvalue weighted by Crippen LogP contribution is -2.47. The van der Waals surface area contributed by atoms with Crippen LogP contribution in [0.2, 0.25) is 5.02 Å². The van der Waals surface area contributed by atoms with E-state index in [2.05, 4.69) is 41.5 Å². The monoisotopic (exact) mass is 439 g/mol. The Kier molecular flexibility index (Phi) is 6.63. The largest absolute Gasteiger partial charge is 0.355 e. The highest BCUT2D eigenvalue weighted by Gasteiger charge is 2.54. The van der Waals surface area contributed by atoms with E-state index < -0.39 is 5.41 Å². The molecule has 0 unspecified atom stereocenters. The zero-order chi connectivity index (χ0) is 21.8. The molecule has 2 aliphatic rings. The maximum atomic E-state index is 13.5. The van der Waals surface area contributed by atoms with Crippen LogP contribution >= 0.6 is 11.6 Å². The third-order valence-electron chi connectivity index (χ3n) is 6.60. The van der Waals surface area contributed by atoms with Crippen LogP contribution < -0.4 is 5.32 Å². The molecule has 0 bridgehead atoms. The van der Waals surface area contributed by atoms with Gasteiger partial charge in [0, 0.05) is 37.1 Å². The van der Waals surface area contributed by atoms with Crippen molar-refractivity contribution in [3.8, 4) is 0 Å². The number of fused-ring (bicyclic) bond motifs is 1. The van der Waals surface area contributed by atoms with E-state index >= 15 is 0 Å². The Labute approximate surface area is 189 Å². The van der Waals surface area contributed by atoms with E-state index in [0.29, 0.717) is 31.0 Å². The molecule has 0 aliphatic carbocycles. The predicted molar refractivity (Wildman–Crippen MR) is 123 cm³/mol. The molecule has 0 saturated carbocycles. The number of carbonyl (C=O) groups is 2. The Morgan fingerprint density at radius 3 is 2.68 bits per heavy atom. The molecule has 2 saturated heterocycles. The van der Waals surface area contributed by atoms with Crippen LogP contribution in [0.3, 0.4) is 0 Å². The minimum Gasteiger partial charge on any atom is -0.355 e. The number of hydrogen-bond donors (Lipinski definition) is 1. The zero-order valence-electron chi connectivity index (χ0n) is 18.0. The van der Waals surface area contributed by atoms with Crippen molar-refractivity contribution in [3.63, 3.8) is 0 Å². The molecular weight excluding hydrogens is 410 g/mol. The molecule has 6 heteroatoms. The number of halogens is 1. The molecule has 5 nitrogen and oxygen atoms in total. The molecule has 4 rings (SSSR count). The lowest BCUT2D eigenvalue weighted by molar-refractivity contribution is -0.129. The van der Waals surface area contributed by atoms with Gasteiger partial charge in [0.05, 0.1) is 5.41 Å². The van der Waals surface area contributed by atoms with Crippen molar-refractivity contribution in [1.82, 2.24) is 15.1 Å². The second kappa shape index (κ2) is 9.41. The minimum absolute atomic E-state index is 0.0199. The third-order valence-corrected chi connectivity index (χ3v) is 6.93. The lowest BCUT2D eigenvalue weighted by Gasteiger charge is -2.30. The molecule has 2 fully saturated rings. The van der Waals surface area contributed by atoms with Gasteiger partial charge in [-0.25, -0.2) is 0 Å². The molecule has 2 aromatic rings. The Hall–Kier alpha value is -2.37. The van der Waals surface area contributed by atoms with Gasteiger partial charge in [-0.2, -0.15) is 0 Å². The molecule has 2 aliphatic heterocycles. The summed E-state index contributed by atoms with van der Waals surface area (Å²) in [5.74, 6) is 0.128. The second-order valence-electron chi connectivity index (χ2n) is 8.81. The number of rotatable bonds is 8.